The zero-order chi connectivity index (χ0) is 29.8. The van der Waals surface area contributed by atoms with Crippen LogP contribution in [0.2, 0.25) is 0 Å². The molecule has 222 valence electrons. The van der Waals surface area contributed by atoms with Gasteiger partial charge >= 0.3 is 0 Å². The molecule has 1 aliphatic rings. The maximum Gasteiger partial charge on any atom is 0.264 e. The highest BCUT2D eigenvalue weighted by Crippen LogP contribution is 2.49. The molecule has 0 aromatic heterocycles. The lowest BCUT2D eigenvalue weighted by Crippen LogP contribution is -2.48. The van der Waals surface area contributed by atoms with Gasteiger partial charge in [-0.25, -0.2) is 0 Å². The number of hydrogen-bond acceptors (Lipinski definition) is 10. The fourth-order valence-electron chi connectivity index (χ4n) is 5.08. The second-order valence-corrected chi connectivity index (χ2v) is 12.9. The molecule has 0 aliphatic heterocycles. The maximum absolute atomic E-state index is 13.1. The van der Waals surface area contributed by atoms with Gasteiger partial charge < -0.3 is 25.1 Å². The predicted molar refractivity (Wildman–Crippen MR) is 151 cm³/mol. The Balaban J connectivity index is 1.72. The highest BCUT2D eigenvalue weighted by Gasteiger charge is 2.52. The van der Waals surface area contributed by atoms with E-state index < -0.39 is 49.7 Å². The van der Waals surface area contributed by atoms with E-state index in [1.54, 1.807) is 21.9 Å². The highest BCUT2D eigenvalue weighted by atomic mass is 32.2. The number of benzene rings is 2. The quantitative estimate of drug-likeness (QED) is 0.199. The van der Waals surface area contributed by atoms with Crippen LogP contribution in [0.15, 0.2) is 36.4 Å². The first-order valence-corrected chi connectivity index (χ1v) is 16.2. The summed E-state index contributed by atoms with van der Waals surface area (Å²) in [5.41, 5.74) is 1.64. The molecule has 2 atom stereocenters. The van der Waals surface area contributed by atoms with E-state index in [1.165, 1.54) is 24.3 Å². The monoisotopic (exact) mass is 600 g/mol. The predicted octanol–water partition coefficient (Wildman–Crippen LogP) is 2.12. The van der Waals surface area contributed by atoms with E-state index in [1.807, 2.05) is 13.8 Å². The summed E-state index contributed by atoms with van der Waals surface area (Å²) >= 11 is 0. The lowest BCUT2D eigenvalue weighted by molar-refractivity contribution is -0.137. The van der Waals surface area contributed by atoms with Gasteiger partial charge in [0.05, 0.1) is 29.4 Å². The van der Waals surface area contributed by atoms with Crippen molar-refractivity contribution in [2.45, 2.75) is 44.6 Å². The molecule has 0 spiro atoms. The van der Waals surface area contributed by atoms with Gasteiger partial charge in [0.25, 0.3) is 20.2 Å². The fourth-order valence-corrected chi connectivity index (χ4v) is 6.06. The van der Waals surface area contributed by atoms with Crippen molar-refractivity contribution in [2.75, 3.05) is 47.5 Å². The third-order valence-corrected chi connectivity index (χ3v) is 8.76. The molecular formula is C26H36N2O10S2. The van der Waals surface area contributed by atoms with Crippen LogP contribution in [0.4, 0.5) is 11.4 Å². The summed E-state index contributed by atoms with van der Waals surface area (Å²) in [5.74, 6) is -3.57. The first kappa shape index (κ1) is 31.6. The molecule has 1 fully saturated rings. The lowest BCUT2D eigenvalue weighted by Gasteiger charge is -2.40. The van der Waals surface area contributed by atoms with E-state index in [4.69, 9.17) is 9.11 Å². The number of carbonyl (C=O) groups is 1. The number of hydrogen-bond donors (Lipinski definition) is 5. The number of phenols is 2. The molecule has 2 aromatic carbocycles. The van der Waals surface area contributed by atoms with Crippen LogP contribution in [0.25, 0.3) is 0 Å². The van der Waals surface area contributed by atoms with Crippen molar-refractivity contribution < 1.29 is 46.1 Å². The molecule has 1 saturated carbocycles. The van der Waals surface area contributed by atoms with Gasteiger partial charge in [-0.3, -0.25) is 13.9 Å². The van der Waals surface area contributed by atoms with E-state index in [9.17, 15) is 36.9 Å². The Morgan fingerprint density at radius 3 is 1.38 bits per heavy atom. The van der Waals surface area contributed by atoms with E-state index in [2.05, 4.69) is 0 Å². The van der Waals surface area contributed by atoms with Crippen LogP contribution in [0.3, 0.4) is 0 Å². The number of phenolic OH excluding ortho intramolecular Hbond substituents is 2. The van der Waals surface area contributed by atoms with Gasteiger partial charge in [0.15, 0.2) is 5.78 Å². The SMILES string of the molecule is CCN(CCCS(=O)(=O)O)c1ccc(C2C(=O)C(c3ccc(N(CC)CCCS(=O)(=O)O)cc3O)C2O)c(O)c1. The second-order valence-electron chi connectivity index (χ2n) is 9.77. The number of nitrogens with zero attached hydrogens (tertiary/aromatic N) is 2. The smallest absolute Gasteiger partial charge is 0.264 e. The van der Waals surface area contributed by atoms with Gasteiger partial charge in [0.2, 0.25) is 0 Å². The van der Waals surface area contributed by atoms with E-state index >= 15 is 0 Å². The molecule has 2 unspecified atom stereocenters. The summed E-state index contributed by atoms with van der Waals surface area (Å²) in [5, 5.41) is 32.3. The van der Waals surface area contributed by atoms with Crippen molar-refractivity contribution in [3.05, 3.63) is 47.5 Å². The molecule has 5 N–H and O–H groups in total. The summed E-state index contributed by atoms with van der Waals surface area (Å²) in [7, 11) is -8.17. The van der Waals surface area contributed by atoms with Crippen LogP contribution in [-0.4, -0.2) is 90.8 Å². The fraction of sp³-hybridized carbons (Fsp3) is 0.500. The molecule has 12 nitrogen and oxygen atoms in total. The molecule has 0 heterocycles. The van der Waals surface area contributed by atoms with Crippen LogP contribution in [-0.2, 0) is 25.0 Å². The normalized spacial score (nSPS) is 19.3. The zero-order valence-electron chi connectivity index (χ0n) is 22.3. The Morgan fingerprint density at radius 2 is 1.10 bits per heavy atom. The zero-order valence-corrected chi connectivity index (χ0v) is 24.0. The van der Waals surface area contributed by atoms with Gasteiger partial charge in [-0.05, 0) is 38.8 Å². The summed E-state index contributed by atoms with van der Waals surface area (Å²) in [6, 6.07) is 9.26. The molecule has 14 heteroatoms. The Morgan fingerprint density at radius 1 is 0.725 bits per heavy atom. The van der Waals surface area contributed by atoms with Gasteiger partial charge in [0.1, 0.15) is 11.5 Å². The minimum absolute atomic E-state index is 0.180. The molecule has 0 radical (unpaired) electrons. The van der Waals surface area contributed by atoms with Crippen molar-refractivity contribution >= 4 is 37.4 Å². The maximum atomic E-state index is 13.1. The number of rotatable bonds is 14. The van der Waals surface area contributed by atoms with Gasteiger partial charge in [-0.15, -0.1) is 0 Å². The minimum atomic E-state index is -4.08. The largest absolute Gasteiger partial charge is 0.508 e. The average molecular weight is 601 g/mol. The summed E-state index contributed by atoms with van der Waals surface area (Å²) < 4.78 is 61.8. The molecular weight excluding hydrogens is 564 g/mol. The van der Waals surface area contributed by atoms with Crippen LogP contribution < -0.4 is 9.80 Å². The number of Topliss-reactive ketones (excluding diaryl/α,β-unsaturated/α-hetero) is 1. The molecule has 3 rings (SSSR count). The van der Waals surface area contributed by atoms with E-state index in [0.717, 1.165) is 0 Å². The highest BCUT2D eigenvalue weighted by molar-refractivity contribution is 7.86. The van der Waals surface area contributed by atoms with Crippen molar-refractivity contribution in [3.8, 4) is 11.5 Å². The standard InChI is InChI=1S/C26H36N2O10S2/c1-3-27(11-5-13-39(33,34)35)17-7-9-19(21(29)15-17)23-25(31)24(26(23)32)20-10-8-18(16-22(20)30)28(4-2)12-6-14-40(36,37)38/h7-10,15-16,23-25,29-31H,3-6,11-14H2,1-2H3,(H,33,34,35)(H,36,37,38). The minimum Gasteiger partial charge on any atom is -0.508 e. The van der Waals surface area contributed by atoms with E-state index in [0.29, 0.717) is 37.6 Å². The van der Waals surface area contributed by atoms with Crippen LogP contribution in [0, 0.1) is 0 Å². The summed E-state index contributed by atoms with van der Waals surface area (Å²) in [6.07, 6.45) is -0.839. The van der Waals surface area contributed by atoms with Gasteiger partial charge in [-0.1, -0.05) is 12.1 Å². The molecule has 40 heavy (non-hydrogen) atoms. The molecule has 0 bridgehead atoms. The van der Waals surface area contributed by atoms with Gasteiger partial charge in [0, 0.05) is 60.8 Å². The van der Waals surface area contributed by atoms with Crippen molar-refractivity contribution in [1.82, 2.24) is 0 Å². The third-order valence-electron chi connectivity index (χ3n) is 7.15. The molecule has 0 amide bonds. The molecule has 1 aliphatic carbocycles. The van der Waals surface area contributed by atoms with Crippen LogP contribution in [0.5, 0.6) is 11.5 Å². The Kier molecular flexibility index (Phi) is 10.1. The topological polar surface area (TPSA) is 193 Å². The third kappa shape index (κ3) is 7.63. The molecule has 0 saturated heterocycles. The summed E-state index contributed by atoms with van der Waals surface area (Å²) in [4.78, 5) is 16.7. The second kappa shape index (κ2) is 12.7. The first-order chi connectivity index (χ1) is 18.7. The van der Waals surface area contributed by atoms with Crippen molar-refractivity contribution in [2.24, 2.45) is 0 Å². The number of ketones is 1. The average Bonchev–Trinajstić information content (AvgIpc) is 2.86. The van der Waals surface area contributed by atoms with Crippen molar-refractivity contribution in [1.29, 1.82) is 0 Å². The van der Waals surface area contributed by atoms with Gasteiger partial charge in [-0.2, -0.15) is 16.8 Å². The molecule has 2 aromatic rings. The Hall–Kier alpha value is -2.91. The number of aromatic hydroxyl groups is 2. The first-order valence-electron chi connectivity index (χ1n) is 12.9. The van der Waals surface area contributed by atoms with Crippen LogP contribution >= 0.6 is 0 Å². The number of anilines is 2. The summed E-state index contributed by atoms with van der Waals surface area (Å²) in [6.45, 7) is 5.32. The number of aliphatic hydroxyl groups excluding tert-OH is 1. The number of carbonyl (C=O) groups excluding carboxylic acids is 1. The van der Waals surface area contributed by atoms with Crippen molar-refractivity contribution in [3.63, 3.8) is 0 Å². The Labute approximate surface area is 234 Å². The van der Waals surface area contributed by atoms with E-state index in [-0.39, 0.29) is 41.3 Å². The number of aliphatic hydroxyl groups is 1. The lowest BCUT2D eigenvalue weighted by atomic mass is 9.64. The van der Waals surface area contributed by atoms with Crippen LogP contribution in [0.1, 0.15) is 49.7 Å². The Bertz CT molecular complexity index is 1320.